The number of hydrogen-bond donors (Lipinski definition) is 1. The standard InChI is InChI=1S/C20H18N4S2/c1-2-14-8-10-15(11-9-14)18-22-20(24-23-18)26-13-17-12-25-19(21-17)16-6-4-3-5-7-16/h3-12H,2,13H2,1H3,(H,22,23,24). The van der Waals surface area contributed by atoms with Crippen LogP contribution in [0.25, 0.3) is 22.0 Å². The fourth-order valence-electron chi connectivity index (χ4n) is 2.56. The van der Waals surface area contributed by atoms with Gasteiger partial charge in [-0.2, -0.15) is 0 Å². The van der Waals surface area contributed by atoms with Gasteiger partial charge in [-0.05, 0) is 12.0 Å². The van der Waals surface area contributed by atoms with Gasteiger partial charge in [0.25, 0.3) is 0 Å². The van der Waals surface area contributed by atoms with Crippen LogP contribution in [0.5, 0.6) is 0 Å². The first-order valence-electron chi connectivity index (χ1n) is 8.46. The number of thiazole rings is 1. The van der Waals surface area contributed by atoms with Crippen molar-refractivity contribution >= 4 is 23.1 Å². The van der Waals surface area contributed by atoms with Crippen molar-refractivity contribution < 1.29 is 0 Å². The topological polar surface area (TPSA) is 54.5 Å². The van der Waals surface area contributed by atoms with Crippen LogP contribution in [0.4, 0.5) is 0 Å². The van der Waals surface area contributed by atoms with E-state index >= 15 is 0 Å². The molecule has 0 aliphatic heterocycles. The summed E-state index contributed by atoms with van der Waals surface area (Å²) in [6.07, 6.45) is 1.04. The highest BCUT2D eigenvalue weighted by molar-refractivity contribution is 7.98. The Balaban J connectivity index is 1.41. The van der Waals surface area contributed by atoms with Gasteiger partial charge in [-0.3, -0.25) is 5.10 Å². The van der Waals surface area contributed by atoms with Crippen molar-refractivity contribution in [3.05, 3.63) is 71.2 Å². The van der Waals surface area contributed by atoms with E-state index in [1.54, 1.807) is 23.1 Å². The van der Waals surface area contributed by atoms with Crippen LogP contribution in [0.2, 0.25) is 0 Å². The molecule has 0 aliphatic carbocycles. The molecule has 4 nitrogen and oxygen atoms in total. The van der Waals surface area contributed by atoms with Crippen molar-refractivity contribution in [3.8, 4) is 22.0 Å². The van der Waals surface area contributed by atoms with E-state index in [1.165, 1.54) is 5.56 Å². The summed E-state index contributed by atoms with van der Waals surface area (Å²) in [5.41, 5.74) is 4.59. The predicted molar refractivity (Wildman–Crippen MR) is 108 cm³/mol. The number of thioether (sulfide) groups is 1. The Morgan fingerprint density at radius 2 is 1.77 bits per heavy atom. The smallest absolute Gasteiger partial charge is 0.209 e. The summed E-state index contributed by atoms with van der Waals surface area (Å²) in [7, 11) is 0. The number of nitrogens with one attached hydrogen (secondary N) is 1. The van der Waals surface area contributed by atoms with Crippen LogP contribution in [-0.2, 0) is 12.2 Å². The van der Waals surface area contributed by atoms with Crippen LogP contribution in [0.1, 0.15) is 18.2 Å². The number of aromatic nitrogens is 4. The van der Waals surface area contributed by atoms with Crippen LogP contribution in [0, 0.1) is 0 Å². The molecule has 0 saturated heterocycles. The fourth-order valence-corrected chi connectivity index (χ4v) is 4.19. The fraction of sp³-hybridized carbons (Fsp3) is 0.150. The van der Waals surface area contributed by atoms with Gasteiger partial charge in [-0.1, -0.05) is 73.3 Å². The molecule has 0 radical (unpaired) electrons. The summed E-state index contributed by atoms with van der Waals surface area (Å²) in [5, 5.41) is 11.2. The molecular weight excluding hydrogens is 360 g/mol. The molecule has 0 saturated carbocycles. The molecule has 4 rings (SSSR count). The van der Waals surface area contributed by atoms with Crippen LogP contribution in [0.3, 0.4) is 0 Å². The first-order chi connectivity index (χ1) is 12.8. The number of benzene rings is 2. The zero-order chi connectivity index (χ0) is 17.8. The lowest BCUT2D eigenvalue weighted by molar-refractivity contribution is 0.972. The van der Waals surface area contributed by atoms with Gasteiger partial charge >= 0.3 is 0 Å². The zero-order valence-electron chi connectivity index (χ0n) is 14.3. The van der Waals surface area contributed by atoms with E-state index in [0.29, 0.717) is 0 Å². The molecule has 6 heteroatoms. The quantitative estimate of drug-likeness (QED) is 0.453. The minimum atomic E-state index is 0.744. The summed E-state index contributed by atoms with van der Waals surface area (Å²) in [4.78, 5) is 9.30. The molecule has 1 N–H and O–H groups in total. The molecule has 0 atom stereocenters. The molecule has 2 aromatic heterocycles. The second-order valence-corrected chi connectivity index (χ2v) is 7.62. The maximum Gasteiger partial charge on any atom is 0.209 e. The summed E-state index contributed by atoms with van der Waals surface area (Å²) in [6.45, 7) is 2.15. The van der Waals surface area contributed by atoms with Crippen LogP contribution < -0.4 is 0 Å². The van der Waals surface area contributed by atoms with Crippen molar-refractivity contribution in [1.29, 1.82) is 0 Å². The van der Waals surface area contributed by atoms with E-state index < -0.39 is 0 Å². The number of aryl methyl sites for hydroxylation is 1. The average Bonchev–Trinajstić information content (AvgIpc) is 3.37. The molecule has 0 spiro atoms. The summed E-state index contributed by atoms with van der Waals surface area (Å²) in [6, 6.07) is 18.7. The molecule has 0 bridgehead atoms. The van der Waals surface area contributed by atoms with Crippen LogP contribution in [0.15, 0.2) is 65.1 Å². The minimum Gasteiger partial charge on any atom is -0.258 e. The van der Waals surface area contributed by atoms with Gasteiger partial charge in [0.1, 0.15) is 5.01 Å². The second kappa shape index (κ2) is 7.85. The molecular formula is C20H18N4S2. The van der Waals surface area contributed by atoms with Crippen molar-refractivity contribution in [3.63, 3.8) is 0 Å². The normalized spacial score (nSPS) is 11.0. The maximum atomic E-state index is 4.71. The zero-order valence-corrected chi connectivity index (χ0v) is 16.0. The number of H-pyrrole nitrogens is 1. The minimum absolute atomic E-state index is 0.744. The third-order valence-electron chi connectivity index (χ3n) is 4.02. The Morgan fingerprint density at radius 3 is 2.54 bits per heavy atom. The molecule has 0 fully saturated rings. The monoisotopic (exact) mass is 378 g/mol. The van der Waals surface area contributed by atoms with Gasteiger partial charge in [0.15, 0.2) is 5.82 Å². The van der Waals surface area contributed by atoms with Gasteiger partial charge in [-0.15, -0.1) is 16.4 Å². The Kier molecular flexibility index (Phi) is 5.13. The summed E-state index contributed by atoms with van der Waals surface area (Å²) >= 11 is 3.27. The van der Waals surface area contributed by atoms with E-state index in [1.807, 2.05) is 18.2 Å². The lowest BCUT2D eigenvalue weighted by atomic mass is 10.1. The van der Waals surface area contributed by atoms with Crippen molar-refractivity contribution in [1.82, 2.24) is 20.2 Å². The molecule has 2 aromatic carbocycles. The largest absolute Gasteiger partial charge is 0.258 e. The first kappa shape index (κ1) is 17.0. The van der Waals surface area contributed by atoms with Gasteiger partial charge in [0.2, 0.25) is 5.16 Å². The number of nitrogens with zero attached hydrogens (tertiary/aromatic N) is 3. The van der Waals surface area contributed by atoms with E-state index in [9.17, 15) is 0 Å². The lowest BCUT2D eigenvalue weighted by Gasteiger charge is -1.98. The Labute approximate surface area is 160 Å². The van der Waals surface area contributed by atoms with Gasteiger partial charge < -0.3 is 0 Å². The van der Waals surface area contributed by atoms with Crippen LogP contribution in [-0.4, -0.2) is 20.2 Å². The molecule has 4 aromatic rings. The SMILES string of the molecule is CCc1ccc(-c2nc(SCc3csc(-c4ccccc4)n3)n[nH]2)cc1. The highest BCUT2D eigenvalue weighted by atomic mass is 32.2. The molecule has 0 unspecified atom stereocenters. The Hall–Kier alpha value is -2.44. The number of rotatable bonds is 6. The van der Waals surface area contributed by atoms with E-state index in [-0.39, 0.29) is 0 Å². The number of hydrogen-bond acceptors (Lipinski definition) is 5. The average molecular weight is 379 g/mol. The van der Waals surface area contributed by atoms with Gasteiger partial charge in [-0.25, -0.2) is 9.97 Å². The van der Waals surface area contributed by atoms with Gasteiger partial charge in [0.05, 0.1) is 5.69 Å². The van der Waals surface area contributed by atoms with Gasteiger partial charge in [0, 0.05) is 22.3 Å². The molecule has 130 valence electrons. The highest BCUT2D eigenvalue weighted by Gasteiger charge is 2.09. The van der Waals surface area contributed by atoms with E-state index in [0.717, 1.165) is 45.0 Å². The maximum absolute atomic E-state index is 4.71. The lowest BCUT2D eigenvalue weighted by Crippen LogP contribution is -1.84. The van der Waals surface area contributed by atoms with E-state index in [4.69, 9.17) is 4.98 Å². The predicted octanol–water partition coefficient (Wildman–Crippen LogP) is 5.45. The molecule has 0 amide bonds. The Bertz CT molecular complexity index is 974. The molecule has 0 aliphatic rings. The first-order valence-corrected chi connectivity index (χ1v) is 10.3. The third-order valence-corrected chi connectivity index (χ3v) is 5.84. The Morgan fingerprint density at radius 1 is 0.962 bits per heavy atom. The number of aromatic amines is 1. The summed E-state index contributed by atoms with van der Waals surface area (Å²) < 4.78 is 0. The van der Waals surface area contributed by atoms with Crippen molar-refractivity contribution in [2.24, 2.45) is 0 Å². The van der Waals surface area contributed by atoms with Crippen molar-refractivity contribution in [2.75, 3.05) is 0 Å². The van der Waals surface area contributed by atoms with Crippen LogP contribution >= 0.6 is 23.1 Å². The van der Waals surface area contributed by atoms with Crippen molar-refractivity contribution in [2.45, 2.75) is 24.3 Å². The highest BCUT2D eigenvalue weighted by Crippen LogP contribution is 2.27. The third kappa shape index (κ3) is 3.86. The molecule has 26 heavy (non-hydrogen) atoms. The summed E-state index contributed by atoms with van der Waals surface area (Å²) in [5.74, 6) is 1.56. The molecule has 2 heterocycles. The second-order valence-electron chi connectivity index (χ2n) is 5.82. The van der Waals surface area contributed by atoms with E-state index in [2.05, 4.69) is 63.9 Å².